The van der Waals surface area contributed by atoms with E-state index in [2.05, 4.69) is 23.8 Å². The normalized spacial score (nSPS) is 10.6. The Bertz CT molecular complexity index is 302. The number of ether oxygens (including phenoxy) is 1. The molecule has 0 aliphatic carbocycles. The third-order valence-corrected chi connectivity index (χ3v) is 2.04. The molecule has 0 unspecified atom stereocenters. The van der Waals surface area contributed by atoms with Gasteiger partial charge in [0.25, 0.3) is 0 Å². The number of hydrogen-bond acceptors (Lipinski definition) is 3. The van der Waals surface area contributed by atoms with Gasteiger partial charge in [0.1, 0.15) is 0 Å². The van der Waals surface area contributed by atoms with E-state index in [0.29, 0.717) is 24.4 Å². The van der Waals surface area contributed by atoms with Gasteiger partial charge < -0.3 is 4.74 Å². The molecule has 0 fully saturated rings. The molecule has 0 amide bonds. The van der Waals surface area contributed by atoms with Crippen LogP contribution in [0.2, 0.25) is 0 Å². The fraction of sp³-hybridized carbons (Fsp3) is 0.600. The quantitative estimate of drug-likeness (QED) is 0.723. The van der Waals surface area contributed by atoms with Crippen LogP contribution >= 0.6 is 11.6 Å². The van der Waals surface area contributed by atoms with E-state index in [-0.39, 0.29) is 0 Å². The van der Waals surface area contributed by atoms with E-state index in [1.54, 1.807) is 6.20 Å². The van der Waals surface area contributed by atoms with Gasteiger partial charge in [0.2, 0.25) is 0 Å². The summed E-state index contributed by atoms with van der Waals surface area (Å²) >= 11 is 5.69. The van der Waals surface area contributed by atoms with Gasteiger partial charge in [-0.15, -0.1) is 11.6 Å². The lowest BCUT2D eigenvalue weighted by Gasteiger charge is -2.08. The van der Waals surface area contributed by atoms with Crippen molar-refractivity contribution in [3.8, 4) is 6.01 Å². The Morgan fingerprint density at radius 2 is 2.21 bits per heavy atom. The van der Waals surface area contributed by atoms with Crippen molar-refractivity contribution < 1.29 is 4.74 Å². The SMILES string of the molecule is Cc1nc(OCC(C)C)ncc1CCl. The monoisotopic (exact) mass is 214 g/mol. The van der Waals surface area contributed by atoms with Gasteiger partial charge in [-0.1, -0.05) is 13.8 Å². The molecule has 1 heterocycles. The van der Waals surface area contributed by atoms with Gasteiger partial charge in [-0.3, -0.25) is 0 Å². The average molecular weight is 215 g/mol. The number of aryl methyl sites for hydroxylation is 1. The first-order valence-corrected chi connectivity index (χ1v) is 5.18. The summed E-state index contributed by atoms with van der Waals surface area (Å²) in [5, 5.41) is 0. The largest absolute Gasteiger partial charge is 0.463 e. The molecule has 0 atom stereocenters. The zero-order chi connectivity index (χ0) is 10.6. The number of alkyl halides is 1. The number of halogens is 1. The molecule has 1 aromatic rings. The predicted molar refractivity (Wildman–Crippen MR) is 56.7 cm³/mol. The van der Waals surface area contributed by atoms with Gasteiger partial charge in [0.05, 0.1) is 12.5 Å². The van der Waals surface area contributed by atoms with Crippen LogP contribution in [0.15, 0.2) is 6.20 Å². The maximum absolute atomic E-state index is 5.69. The van der Waals surface area contributed by atoms with E-state index < -0.39 is 0 Å². The summed E-state index contributed by atoms with van der Waals surface area (Å²) in [6, 6.07) is 0.435. The van der Waals surface area contributed by atoms with E-state index in [0.717, 1.165) is 11.3 Å². The summed E-state index contributed by atoms with van der Waals surface area (Å²) in [6.07, 6.45) is 1.71. The van der Waals surface area contributed by atoms with E-state index in [4.69, 9.17) is 16.3 Å². The van der Waals surface area contributed by atoms with Crippen LogP contribution < -0.4 is 4.74 Å². The third kappa shape index (κ3) is 3.14. The fourth-order valence-corrected chi connectivity index (χ4v) is 1.18. The third-order valence-electron chi connectivity index (χ3n) is 1.75. The van der Waals surface area contributed by atoms with Gasteiger partial charge >= 0.3 is 6.01 Å². The van der Waals surface area contributed by atoms with E-state index in [9.17, 15) is 0 Å². The van der Waals surface area contributed by atoms with Gasteiger partial charge in [-0.05, 0) is 12.8 Å². The van der Waals surface area contributed by atoms with Crippen LogP contribution in [-0.2, 0) is 5.88 Å². The molecule has 14 heavy (non-hydrogen) atoms. The highest BCUT2D eigenvalue weighted by atomic mass is 35.5. The highest BCUT2D eigenvalue weighted by molar-refractivity contribution is 6.17. The molecule has 0 saturated heterocycles. The Balaban J connectivity index is 2.66. The van der Waals surface area contributed by atoms with Gasteiger partial charge in [-0.25, -0.2) is 9.97 Å². The van der Waals surface area contributed by atoms with Crippen LogP contribution in [0.1, 0.15) is 25.1 Å². The number of hydrogen-bond donors (Lipinski definition) is 0. The first kappa shape index (κ1) is 11.2. The second kappa shape index (κ2) is 5.15. The Labute approximate surface area is 89.5 Å². The lowest BCUT2D eigenvalue weighted by atomic mass is 10.2. The van der Waals surface area contributed by atoms with Gasteiger partial charge in [0.15, 0.2) is 0 Å². The van der Waals surface area contributed by atoms with Gasteiger partial charge in [-0.2, -0.15) is 0 Å². The van der Waals surface area contributed by atoms with Crippen molar-refractivity contribution in [1.29, 1.82) is 0 Å². The number of nitrogens with zero attached hydrogens (tertiary/aromatic N) is 2. The highest BCUT2D eigenvalue weighted by Gasteiger charge is 2.03. The minimum atomic E-state index is 0.435. The highest BCUT2D eigenvalue weighted by Crippen LogP contribution is 2.11. The minimum absolute atomic E-state index is 0.435. The summed E-state index contributed by atoms with van der Waals surface area (Å²) in [5.74, 6) is 0.919. The lowest BCUT2D eigenvalue weighted by molar-refractivity contribution is 0.250. The molecule has 0 bridgehead atoms. The van der Waals surface area contributed by atoms with Crippen LogP contribution in [0.3, 0.4) is 0 Å². The summed E-state index contributed by atoms with van der Waals surface area (Å²) in [4.78, 5) is 8.26. The fourth-order valence-electron chi connectivity index (χ4n) is 0.913. The zero-order valence-corrected chi connectivity index (χ0v) is 9.51. The predicted octanol–water partition coefficient (Wildman–Crippen LogP) is 2.56. The zero-order valence-electron chi connectivity index (χ0n) is 8.75. The summed E-state index contributed by atoms with van der Waals surface area (Å²) < 4.78 is 5.38. The molecule has 3 nitrogen and oxygen atoms in total. The van der Waals surface area contributed by atoms with Crippen LogP contribution in [0.5, 0.6) is 6.01 Å². The molecule has 0 N–H and O–H groups in total. The number of rotatable bonds is 4. The molecular formula is C10H15ClN2O. The molecule has 4 heteroatoms. The second-order valence-corrected chi connectivity index (χ2v) is 3.87. The van der Waals surface area contributed by atoms with Crippen LogP contribution in [0.4, 0.5) is 0 Å². The molecule has 1 rings (SSSR count). The standard InChI is InChI=1S/C10H15ClN2O/c1-7(2)6-14-10-12-5-9(4-11)8(3)13-10/h5,7H,4,6H2,1-3H3. The van der Waals surface area contributed by atoms with Crippen LogP contribution in [-0.4, -0.2) is 16.6 Å². The topological polar surface area (TPSA) is 35.0 Å². The van der Waals surface area contributed by atoms with Crippen molar-refractivity contribution in [2.45, 2.75) is 26.7 Å². The number of aromatic nitrogens is 2. The van der Waals surface area contributed by atoms with Crippen molar-refractivity contribution in [1.82, 2.24) is 9.97 Å². The maximum Gasteiger partial charge on any atom is 0.316 e. The average Bonchev–Trinajstić information content (AvgIpc) is 2.15. The maximum atomic E-state index is 5.69. The van der Waals surface area contributed by atoms with Crippen molar-refractivity contribution in [2.75, 3.05) is 6.61 Å². The molecule has 78 valence electrons. The van der Waals surface area contributed by atoms with Crippen LogP contribution in [0.25, 0.3) is 0 Å². The van der Waals surface area contributed by atoms with Crippen molar-refractivity contribution >= 4 is 11.6 Å². The minimum Gasteiger partial charge on any atom is -0.463 e. The lowest BCUT2D eigenvalue weighted by Crippen LogP contribution is -2.08. The second-order valence-electron chi connectivity index (χ2n) is 3.60. The Hall–Kier alpha value is -0.830. The molecule has 0 radical (unpaired) electrons. The molecule has 1 aromatic heterocycles. The van der Waals surface area contributed by atoms with Crippen LogP contribution in [0, 0.1) is 12.8 Å². The Kier molecular flexibility index (Phi) is 4.14. The Morgan fingerprint density at radius 3 is 2.71 bits per heavy atom. The van der Waals surface area contributed by atoms with E-state index in [1.807, 2.05) is 6.92 Å². The molecule has 0 aliphatic heterocycles. The molecule has 0 spiro atoms. The molecule has 0 aromatic carbocycles. The smallest absolute Gasteiger partial charge is 0.316 e. The Morgan fingerprint density at radius 1 is 1.50 bits per heavy atom. The summed E-state index contributed by atoms with van der Waals surface area (Å²) in [6.45, 7) is 6.71. The molecule has 0 aliphatic rings. The molecular weight excluding hydrogens is 200 g/mol. The molecule has 0 saturated carbocycles. The van der Waals surface area contributed by atoms with Crippen molar-refractivity contribution in [2.24, 2.45) is 5.92 Å². The van der Waals surface area contributed by atoms with Crippen molar-refractivity contribution in [3.05, 3.63) is 17.5 Å². The summed E-state index contributed by atoms with van der Waals surface area (Å²) in [7, 11) is 0. The van der Waals surface area contributed by atoms with Gasteiger partial charge in [0, 0.05) is 17.5 Å². The van der Waals surface area contributed by atoms with E-state index in [1.165, 1.54) is 0 Å². The van der Waals surface area contributed by atoms with E-state index >= 15 is 0 Å². The summed E-state index contributed by atoms with van der Waals surface area (Å²) in [5.41, 5.74) is 1.83. The van der Waals surface area contributed by atoms with Crippen molar-refractivity contribution in [3.63, 3.8) is 0 Å². The first-order valence-electron chi connectivity index (χ1n) is 4.64. The first-order chi connectivity index (χ1) is 6.63.